The number of sulfonamides is 1. The lowest BCUT2D eigenvalue weighted by Crippen LogP contribution is -2.48. The third kappa shape index (κ3) is 4.43. The van der Waals surface area contributed by atoms with Gasteiger partial charge in [0.25, 0.3) is 0 Å². The van der Waals surface area contributed by atoms with Gasteiger partial charge in [-0.05, 0) is 18.4 Å². The topological polar surface area (TPSA) is 79.4 Å². The standard InChI is InChI=1S/C15H19N3O3S4/c1-2-25(20,21)18-10-22-9-12(18)14(19)16-6-5-11-8-24-15(17-11)13-4-3-7-23-13/h3-4,7-8,12H,2,5-6,9-10H2,1H3,(H,16,19)/t12-/m1/s1. The second-order valence-electron chi connectivity index (χ2n) is 5.47. The second kappa shape index (κ2) is 8.17. The number of nitrogens with one attached hydrogen (secondary N) is 1. The molecule has 2 aromatic rings. The van der Waals surface area contributed by atoms with Gasteiger partial charge in [-0.3, -0.25) is 4.79 Å². The Kier molecular flexibility index (Phi) is 6.16. The van der Waals surface area contributed by atoms with E-state index in [1.807, 2.05) is 22.9 Å². The molecule has 0 bridgehead atoms. The van der Waals surface area contributed by atoms with E-state index in [0.717, 1.165) is 15.6 Å². The van der Waals surface area contributed by atoms with Gasteiger partial charge in [-0.1, -0.05) is 6.07 Å². The van der Waals surface area contributed by atoms with Crippen LogP contribution >= 0.6 is 34.4 Å². The number of amides is 1. The Morgan fingerprint density at radius 1 is 1.44 bits per heavy atom. The highest BCUT2D eigenvalue weighted by atomic mass is 32.2. The molecule has 0 aromatic carbocycles. The summed E-state index contributed by atoms with van der Waals surface area (Å²) in [5.74, 6) is 0.645. The van der Waals surface area contributed by atoms with E-state index < -0.39 is 16.1 Å². The van der Waals surface area contributed by atoms with Crippen LogP contribution in [0.15, 0.2) is 22.9 Å². The summed E-state index contributed by atoms with van der Waals surface area (Å²) in [7, 11) is -3.35. The van der Waals surface area contributed by atoms with Gasteiger partial charge < -0.3 is 5.32 Å². The molecule has 1 saturated heterocycles. The number of aromatic nitrogens is 1. The van der Waals surface area contributed by atoms with Crippen molar-refractivity contribution in [2.75, 3.05) is 23.9 Å². The van der Waals surface area contributed by atoms with Gasteiger partial charge in [-0.15, -0.1) is 34.4 Å². The molecule has 0 saturated carbocycles. The molecule has 1 atom stereocenters. The maximum Gasteiger partial charge on any atom is 0.239 e. The van der Waals surface area contributed by atoms with Gasteiger partial charge in [0.2, 0.25) is 15.9 Å². The highest BCUT2D eigenvalue weighted by molar-refractivity contribution is 8.00. The van der Waals surface area contributed by atoms with E-state index >= 15 is 0 Å². The molecule has 3 heterocycles. The summed E-state index contributed by atoms with van der Waals surface area (Å²) in [6, 6.07) is 3.43. The molecule has 1 N–H and O–H groups in total. The number of carbonyl (C=O) groups is 1. The lowest BCUT2D eigenvalue weighted by Gasteiger charge is -2.21. The average Bonchev–Trinajstić information content (AvgIpc) is 3.34. The summed E-state index contributed by atoms with van der Waals surface area (Å²) in [5.41, 5.74) is 0.938. The quantitative estimate of drug-likeness (QED) is 0.747. The van der Waals surface area contributed by atoms with E-state index in [1.165, 1.54) is 16.1 Å². The van der Waals surface area contributed by atoms with Gasteiger partial charge in [0.05, 0.1) is 22.2 Å². The molecule has 1 aliphatic heterocycles. The van der Waals surface area contributed by atoms with Crippen LogP contribution in [-0.2, 0) is 21.2 Å². The zero-order valence-electron chi connectivity index (χ0n) is 13.7. The zero-order chi connectivity index (χ0) is 17.9. The van der Waals surface area contributed by atoms with Crippen molar-refractivity contribution in [1.82, 2.24) is 14.6 Å². The normalized spacial score (nSPS) is 18.5. The number of carbonyl (C=O) groups excluding carboxylic acids is 1. The van der Waals surface area contributed by atoms with Crippen LogP contribution in [0.2, 0.25) is 0 Å². The van der Waals surface area contributed by atoms with Crippen molar-refractivity contribution in [1.29, 1.82) is 0 Å². The second-order valence-corrected chi connectivity index (χ2v) is 10.5. The largest absolute Gasteiger partial charge is 0.354 e. The molecule has 6 nitrogen and oxygen atoms in total. The van der Waals surface area contributed by atoms with Crippen LogP contribution in [0, 0.1) is 0 Å². The summed E-state index contributed by atoms with van der Waals surface area (Å²) < 4.78 is 25.4. The first kappa shape index (κ1) is 18.8. The first-order valence-corrected chi connectivity index (χ1v) is 12.4. The van der Waals surface area contributed by atoms with Crippen molar-refractivity contribution in [3.8, 4) is 9.88 Å². The number of thiophene rings is 1. The minimum Gasteiger partial charge on any atom is -0.354 e. The predicted octanol–water partition coefficient (Wildman–Crippen LogP) is 2.25. The molecular formula is C15H19N3O3S4. The van der Waals surface area contributed by atoms with Gasteiger partial charge >= 0.3 is 0 Å². The zero-order valence-corrected chi connectivity index (χ0v) is 16.9. The number of hydrogen-bond donors (Lipinski definition) is 1. The summed E-state index contributed by atoms with van der Waals surface area (Å²) in [6.45, 7) is 2.05. The molecular weight excluding hydrogens is 398 g/mol. The first-order chi connectivity index (χ1) is 12.0. The summed E-state index contributed by atoms with van der Waals surface area (Å²) in [6.07, 6.45) is 0.633. The Morgan fingerprint density at radius 3 is 3.00 bits per heavy atom. The molecule has 10 heteroatoms. The first-order valence-electron chi connectivity index (χ1n) is 7.84. The fourth-order valence-electron chi connectivity index (χ4n) is 2.44. The number of nitrogens with zero attached hydrogens (tertiary/aromatic N) is 2. The molecule has 1 amide bonds. The number of hydrogen-bond acceptors (Lipinski definition) is 7. The molecule has 1 aliphatic rings. The van der Waals surface area contributed by atoms with Crippen LogP contribution in [0.1, 0.15) is 12.6 Å². The van der Waals surface area contributed by atoms with E-state index in [1.54, 1.807) is 29.6 Å². The third-order valence-electron chi connectivity index (χ3n) is 3.83. The Bertz CT molecular complexity index is 817. The summed E-state index contributed by atoms with van der Waals surface area (Å²) in [5, 5.41) is 7.86. The molecule has 1 fully saturated rings. The van der Waals surface area contributed by atoms with E-state index in [-0.39, 0.29) is 11.7 Å². The molecule has 3 rings (SSSR count). The summed E-state index contributed by atoms with van der Waals surface area (Å²) >= 11 is 4.72. The molecule has 2 aromatic heterocycles. The Balaban J connectivity index is 1.53. The molecule has 0 radical (unpaired) electrons. The molecule has 0 unspecified atom stereocenters. The van der Waals surface area contributed by atoms with Crippen molar-refractivity contribution in [2.45, 2.75) is 19.4 Å². The monoisotopic (exact) mass is 417 g/mol. The SMILES string of the molecule is CCS(=O)(=O)N1CSC[C@@H]1C(=O)NCCc1csc(-c2cccs2)n1. The maximum atomic E-state index is 12.4. The number of rotatable bonds is 7. The van der Waals surface area contributed by atoms with E-state index in [2.05, 4.69) is 10.3 Å². The molecule has 0 aliphatic carbocycles. The van der Waals surface area contributed by atoms with E-state index in [9.17, 15) is 13.2 Å². The van der Waals surface area contributed by atoms with E-state index in [0.29, 0.717) is 24.6 Å². The minimum absolute atomic E-state index is 0.0155. The highest BCUT2D eigenvalue weighted by Crippen LogP contribution is 2.28. The van der Waals surface area contributed by atoms with Crippen molar-refractivity contribution in [3.05, 3.63) is 28.6 Å². The maximum absolute atomic E-state index is 12.4. The minimum atomic E-state index is -3.35. The molecule has 136 valence electrons. The van der Waals surface area contributed by atoms with Gasteiger partial charge in [0, 0.05) is 24.1 Å². The van der Waals surface area contributed by atoms with Crippen LogP contribution in [-0.4, -0.2) is 53.6 Å². The van der Waals surface area contributed by atoms with Crippen molar-refractivity contribution >= 4 is 50.4 Å². The fraction of sp³-hybridized carbons (Fsp3) is 0.467. The van der Waals surface area contributed by atoms with Crippen LogP contribution in [0.3, 0.4) is 0 Å². The number of thiazole rings is 1. The van der Waals surface area contributed by atoms with Gasteiger partial charge in [-0.2, -0.15) is 4.31 Å². The van der Waals surface area contributed by atoms with E-state index in [4.69, 9.17) is 0 Å². The number of thioether (sulfide) groups is 1. The van der Waals surface area contributed by atoms with Gasteiger partial charge in [0.15, 0.2) is 0 Å². The molecule has 0 spiro atoms. The van der Waals surface area contributed by atoms with Crippen LogP contribution in [0.4, 0.5) is 0 Å². The van der Waals surface area contributed by atoms with Crippen LogP contribution < -0.4 is 5.32 Å². The Morgan fingerprint density at radius 2 is 2.28 bits per heavy atom. The Hall–Kier alpha value is -0.940. The lowest BCUT2D eigenvalue weighted by atomic mass is 10.3. The average molecular weight is 418 g/mol. The third-order valence-corrected chi connectivity index (χ3v) is 8.76. The lowest BCUT2D eigenvalue weighted by molar-refractivity contribution is -0.123. The van der Waals surface area contributed by atoms with Crippen LogP contribution in [0.25, 0.3) is 9.88 Å². The van der Waals surface area contributed by atoms with Crippen LogP contribution in [0.5, 0.6) is 0 Å². The summed E-state index contributed by atoms with van der Waals surface area (Å²) in [4.78, 5) is 18.1. The fourth-order valence-corrected chi connectivity index (χ4v) is 6.98. The highest BCUT2D eigenvalue weighted by Gasteiger charge is 2.38. The van der Waals surface area contributed by atoms with Crippen molar-refractivity contribution in [2.24, 2.45) is 0 Å². The molecule has 25 heavy (non-hydrogen) atoms. The predicted molar refractivity (Wildman–Crippen MR) is 105 cm³/mol. The Labute approximate surface area is 159 Å². The van der Waals surface area contributed by atoms with Gasteiger partial charge in [0.1, 0.15) is 11.0 Å². The van der Waals surface area contributed by atoms with Crippen molar-refractivity contribution in [3.63, 3.8) is 0 Å². The smallest absolute Gasteiger partial charge is 0.239 e. The van der Waals surface area contributed by atoms with Crippen molar-refractivity contribution < 1.29 is 13.2 Å². The van der Waals surface area contributed by atoms with Gasteiger partial charge in [-0.25, -0.2) is 13.4 Å².